The Morgan fingerprint density at radius 3 is 1.27 bits per heavy atom. The van der Waals surface area contributed by atoms with E-state index in [1.165, 1.54) is 132 Å². The van der Waals surface area contributed by atoms with Crippen molar-refractivity contribution in [3.8, 4) is 55.6 Å². The molecule has 14 rings (SSSR count). The Bertz CT molecular complexity index is 3790. The van der Waals surface area contributed by atoms with Gasteiger partial charge in [-0.2, -0.15) is 0 Å². The number of hydrogen-bond donors (Lipinski definition) is 0. The van der Waals surface area contributed by atoms with Crippen LogP contribution >= 0.6 is 0 Å². The van der Waals surface area contributed by atoms with Crippen molar-refractivity contribution in [3.05, 3.63) is 253 Å². The predicted octanol–water partition coefficient (Wildman–Crippen LogP) is 16.8. The molecule has 2 aliphatic rings. The van der Waals surface area contributed by atoms with Gasteiger partial charge in [0.2, 0.25) is 0 Å². The van der Waals surface area contributed by atoms with Gasteiger partial charge in [-0.25, -0.2) is 0 Å². The molecule has 0 saturated heterocycles. The lowest BCUT2D eigenvalue weighted by molar-refractivity contribution is 0.796. The number of rotatable bonds is 3. The third-order valence-corrected chi connectivity index (χ3v) is 14.4. The fraction of sp³-hybridized carbons (Fsp3) is 0.0159. The van der Waals surface area contributed by atoms with Crippen LogP contribution in [0.5, 0.6) is 0 Å². The SMILES string of the molecule is c1ccc2c(c1)-c1ccccc1C21c2cc3ccccc3cc2-c2cc3ccc(-c4ccc(-c5c6ccccc6c(-c6cccc7ccccc67)c6ccccc56)cc4)cc3cc21. The van der Waals surface area contributed by atoms with Crippen LogP contribution in [0.15, 0.2) is 231 Å². The molecule has 0 saturated carbocycles. The first kappa shape index (κ1) is 34.6. The van der Waals surface area contributed by atoms with Gasteiger partial charge in [0.1, 0.15) is 0 Å². The lowest BCUT2D eigenvalue weighted by atomic mass is 9.70. The Balaban J connectivity index is 0.933. The van der Waals surface area contributed by atoms with E-state index >= 15 is 0 Å². The van der Waals surface area contributed by atoms with Gasteiger partial charge in [0.15, 0.2) is 0 Å². The second-order valence-corrected chi connectivity index (χ2v) is 17.5. The maximum atomic E-state index is 2.52. The molecule has 0 aromatic heterocycles. The standard InChI is InChI=1S/C63H38/c1-2-16-43-37-59-55(35-42(43)15-1)56-36-45-33-32-44(34-46(45)38-60(56)63(59)57-26-11-9-19-48(57)49-20-10-12-27-58(49)63)39-28-30-41(31-29-39)61-51-21-5-7-23-53(51)62(54-24-8-6-22-52(54)61)50-25-13-17-40-14-3-4-18-47(40)50/h1-38H. The highest BCUT2D eigenvalue weighted by Gasteiger charge is 2.51. The first-order valence-corrected chi connectivity index (χ1v) is 22.1. The molecule has 0 heterocycles. The average molecular weight is 795 g/mol. The molecule has 0 unspecified atom stereocenters. The van der Waals surface area contributed by atoms with Gasteiger partial charge in [-0.3, -0.25) is 0 Å². The van der Waals surface area contributed by atoms with E-state index in [1.807, 2.05) is 0 Å². The van der Waals surface area contributed by atoms with E-state index in [0.29, 0.717) is 0 Å². The molecule has 0 atom stereocenters. The van der Waals surface area contributed by atoms with E-state index < -0.39 is 5.41 Å². The van der Waals surface area contributed by atoms with Crippen molar-refractivity contribution in [2.75, 3.05) is 0 Å². The minimum absolute atomic E-state index is 0.400. The summed E-state index contributed by atoms with van der Waals surface area (Å²) < 4.78 is 0. The van der Waals surface area contributed by atoms with Crippen LogP contribution in [0.1, 0.15) is 22.3 Å². The number of benzene rings is 12. The first-order chi connectivity index (χ1) is 31.2. The highest BCUT2D eigenvalue weighted by atomic mass is 14.5. The summed E-state index contributed by atoms with van der Waals surface area (Å²) in [5.41, 5.74) is 17.9. The second kappa shape index (κ2) is 13.0. The molecule has 0 heteroatoms. The van der Waals surface area contributed by atoms with Gasteiger partial charge in [-0.1, -0.05) is 200 Å². The van der Waals surface area contributed by atoms with Crippen molar-refractivity contribution in [1.82, 2.24) is 0 Å². The van der Waals surface area contributed by atoms with Gasteiger partial charge < -0.3 is 0 Å². The highest BCUT2D eigenvalue weighted by molar-refractivity contribution is 6.23. The van der Waals surface area contributed by atoms with E-state index in [-0.39, 0.29) is 0 Å². The van der Waals surface area contributed by atoms with Crippen LogP contribution in [0.3, 0.4) is 0 Å². The van der Waals surface area contributed by atoms with Gasteiger partial charge in [0.25, 0.3) is 0 Å². The monoisotopic (exact) mass is 794 g/mol. The normalized spacial score (nSPS) is 13.2. The highest BCUT2D eigenvalue weighted by Crippen LogP contribution is 2.63. The third kappa shape index (κ3) is 4.75. The largest absolute Gasteiger partial charge is 0.0725 e. The fourth-order valence-corrected chi connectivity index (χ4v) is 11.7. The maximum Gasteiger partial charge on any atom is 0.0725 e. The van der Waals surface area contributed by atoms with Gasteiger partial charge >= 0.3 is 0 Å². The second-order valence-electron chi connectivity index (χ2n) is 17.5. The summed E-state index contributed by atoms with van der Waals surface area (Å²) in [6.45, 7) is 0. The quantitative estimate of drug-likeness (QED) is 0.156. The topological polar surface area (TPSA) is 0 Å². The lowest BCUT2D eigenvalue weighted by Gasteiger charge is -2.30. The Morgan fingerprint density at radius 2 is 0.635 bits per heavy atom. The van der Waals surface area contributed by atoms with Crippen LogP contribution in [-0.2, 0) is 5.41 Å². The third-order valence-electron chi connectivity index (χ3n) is 14.4. The van der Waals surface area contributed by atoms with Crippen molar-refractivity contribution in [2.45, 2.75) is 5.41 Å². The van der Waals surface area contributed by atoms with Crippen LogP contribution in [0.2, 0.25) is 0 Å². The molecule has 0 amide bonds. The summed E-state index contributed by atoms with van der Waals surface area (Å²) in [6.07, 6.45) is 0. The van der Waals surface area contributed by atoms with Gasteiger partial charge in [0.05, 0.1) is 5.41 Å². The Morgan fingerprint density at radius 1 is 0.206 bits per heavy atom. The van der Waals surface area contributed by atoms with E-state index in [4.69, 9.17) is 0 Å². The summed E-state index contributed by atoms with van der Waals surface area (Å²) in [5, 5.41) is 12.7. The summed E-state index contributed by atoms with van der Waals surface area (Å²) in [6, 6.07) is 86.6. The minimum atomic E-state index is -0.400. The smallest absolute Gasteiger partial charge is 0.0619 e. The minimum Gasteiger partial charge on any atom is -0.0619 e. The van der Waals surface area contributed by atoms with Crippen LogP contribution in [0, 0.1) is 0 Å². The Hall–Kier alpha value is -8.06. The molecule has 0 N–H and O–H groups in total. The predicted molar refractivity (Wildman–Crippen MR) is 267 cm³/mol. The van der Waals surface area contributed by atoms with Crippen LogP contribution in [0.4, 0.5) is 0 Å². The molecular weight excluding hydrogens is 757 g/mol. The first-order valence-electron chi connectivity index (χ1n) is 22.1. The van der Waals surface area contributed by atoms with Gasteiger partial charge in [-0.05, 0) is 162 Å². The number of fused-ring (bicyclic) bond motifs is 15. The molecule has 1 spiro atoms. The van der Waals surface area contributed by atoms with Crippen molar-refractivity contribution in [2.24, 2.45) is 0 Å². The molecule has 0 fully saturated rings. The van der Waals surface area contributed by atoms with Crippen molar-refractivity contribution in [1.29, 1.82) is 0 Å². The molecule has 12 aromatic rings. The molecule has 0 bridgehead atoms. The molecule has 290 valence electrons. The average Bonchev–Trinajstić information content (AvgIpc) is 3.80. The van der Waals surface area contributed by atoms with Crippen molar-refractivity contribution in [3.63, 3.8) is 0 Å². The fourth-order valence-electron chi connectivity index (χ4n) is 11.7. The number of hydrogen-bond acceptors (Lipinski definition) is 0. The zero-order chi connectivity index (χ0) is 41.2. The Kier molecular flexibility index (Phi) is 7.13. The van der Waals surface area contributed by atoms with E-state index in [9.17, 15) is 0 Å². The van der Waals surface area contributed by atoms with Crippen molar-refractivity contribution < 1.29 is 0 Å². The van der Waals surface area contributed by atoms with E-state index in [0.717, 1.165) is 0 Å². The summed E-state index contributed by atoms with van der Waals surface area (Å²) >= 11 is 0. The summed E-state index contributed by atoms with van der Waals surface area (Å²) in [4.78, 5) is 0. The van der Waals surface area contributed by atoms with Crippen LogP contribution in [-0.4, -0.2) is 0 Å². The molecule has 12 aromatic carbocycles. The zero-order valence-electron chi connectivity index (χ0n) is 34.4. The molecule has 0 radical (unpaired) electrons. The molecule has 2 aliphatic carbocycles. The van der Waals surface area contributed by atoms with Crippen LogP contribution in [0.25, 0.3) is 109 Å². The molecule has 0 aliphatic heterocycles. The summed E-state index contributed by atoms with van der Waals surface area (Å²) in [7, 11) is 0. The lowest BCUT2D eigenvalue weighted by Crippen LogP contribution is -2.25. The van der Waals surface area contributed by atoms with Gasteiger partial charge in [0, 0.05) is 0 Å². The molecular formula is C63H38. The Labute approximate surface area is 366 Å². The zero-order valence-corrected chi connectivity index (χ0v) is 34.4. The van der Waals surface area contributed by atoms with Crippen molar-refractivity contribution >= 4 is 53.9 Å². The van der Waals surface area contributed by atoms with E-state index in [1.54, 1.807) is 0 Å². The van der Waals surface area contributed by atoms with E-state index in [2.05, 4.69) is 231 Å². The summed E-state index contributed by atoms with van der Waals surface area (Å²) in [5.74, 6) is 0. The molecule has 0 nitrogen and oxygen atoms in total. The van der Waals surface area contributed by atoms with Crippen LogP contribution < -0.4 is 0 Å². The molecule has 63 heavy (non-hydrogen) atoms. The van der Waals surface area contributed by atoms with Gasteiger partial charge in [-0.15, -0.1) is 0 Å². The maximum absolute atomic E-state index is 2.52.